The van der Waals surface area contributed by atoms with Crippen molar-refractivity contribution in [3.63, 3.8) is 0 Å². The number of allylic oxidation sites excluding steroid dienone is 26. The lowest BCUT2D eigenvalue weighted by atomic mass is 9.65. The molecule has 0 aliphatic heterocycles. The Bertz CT molecular complexity index is 3200. The number of hydrogen-bond donors (Lipinski definition) is 0. The van der Waals surface area contributed by atoms with E-state index < -0.39 is 0 Å². The van der Waals surface area contributed by atoms with Gasteiger partial charge in [0.05, 0.1) is 0 Å². The number of hydrogen-bond acceptors (Lipinski definition) is 2. The van der Waals surface area contributed by atoms with E-state index in [0.29, 0.717) is 5.92 Å². The van der Waals surface area contributed by atoms with Crippen molar-refractivity contribution in [1.29, 1.82) is 0 Å². The third kappa shape index (κ3) is 11.0. The monoisotopic (exact) mass is 961 g/mol. The summed E-state index contributed by atoms with van der Waals surface area (Å²) >= 11 is 0. The Morgan fingerprint density at radius 2 is 1.30 bits per heavy atom. The van der Waals surface area contributed by atoms with Crippen molar-refractivity contribution in [3.8, 4) is 0 Å². The van der Waals surface area contributed by atoms with Gasteiger partial charge in [0.1, 0.15) is 0 Å². The maximum absolute atomic E-state index is 4.25. The summed E-state index contributed by atoms with van der Waals surface area (Å²) in [4.78, 5) is 4.54. The summed E-state index contributed by atoms with van der Waals surface area (Å²) in [5.74, 6) is 0.687. The third-order valence-corrected chi connectivity index (χ3v) is 14.8. The highest BCUT2D eigenvalue weighted by atomic mass is 15.1. The number of rotatable bonds is 17. The molecule has 4 aliphatic rings. The molecule has 4 unspecified atom stereocenters. The molecular weight excluding hydrogens is 893 g/mol. The van der Waals surface area contributed by atoms with Gasteiger partial charge in [-0.05, 0) is 144 Å². The van der Waals surface area contributed by atoms with Crippen LogP contribution in [0.3, 0.4) is 0 Å². The lowest BCUT2D eigenvalue weighted by molar-refractivity contribution is 0.395. The summed E-state index contributed by atoms with van der Waals surface area (Å²) in [6.45, 7) is 15.0. The van der Waals surface area contributed by atoms with E-state index in [9.17, 15) is 0 Å². The number of para-hydroxylation sites is 3. The second kappa shape index (κ2) is 23.8. The summed E-state index contributed by atoms with van der Waals surface area (Å²) in [6, 6.07) is 48.4. The van der Waals surface area contributed by atoms with Crippen LogP contribution in [0.25, 0.3) is 11.6 Å². The maximum Gasteiger partial charge on any atom is 0.0462 e. The fourth-order valence-corrected chi connectivity index (χ4v) is 11.3. The Morgan fingerprint density at radius 3 is 2.00 bits per heavy atom. The van der Waals surface area contributed by atoms with Crippen LogP contribution < -0.4 is 9.80 Å². The minimum atomic E-state index is -0.168. The summed E-state index contributed by atoms with van der Waals surface area (Å²) < 4.78 is 0. The second-order valence-electron chi connectivity index (χ2n) is 19.6. The third-order valence-electron chi connectivity index (χ3n) is 14.8. The molecule has 74 heavy (non-hydrogen) atoms. The van der Waals surface area contributed by atoms with Gasteiger partial charge in [-0.1, -0.05) is 238 Å². The molecule has 0 N–H and O–H groups in total. The molecule has 0 aromatic heterocycles. The largest absolute Gasteiger partial charge is 0.324 e. The molecule has 0 heterocycles. The van der Waals surface area contributed by atoms with Gasteiger partial charge in [-0.2, -0.15) is 0 Å². The number of anilines is 4. The fourth-order valence-electron chi connectivity index (χ4n) is 11.3. The summed E-state index contributed by atoms with van der Waals surface area (Å²) in [5, 5.41) is 0. The molecule has 5 aromatic rings. The molecule has 0 bridgehead atoms. The summed E-state index contributed by atoms with van der Waals surface area (Å²) in [7, 11) is 0. The zero-order valence-electron chi connectivity index (χ0n) is 43.2. The van der Waals surface area contributed by atoms with Crippen molar-refractivity contribution in [2.24, 2.45) is 17.3 Å². The Labute approximate surface area is 441 Å². The molecule has 2 heteroatoms. The lowest BCUT2D eigenvalue weighted by Gasteiger charge is -2.37. The molecule has 9 rings (SSSR count). The lowest BCUT2D eigenvalue weighted by Crippen LogP contribution is -2.29. The highest BCUT2D eigenvalue weighted by molar-refractivity contribution is 5.93. The summed E-state index contributed by atoms with van der Waals surface area (Å²) in [6.07, 6.45) is 56.8. The van der Waals surface area contributed by atoms with Gasteiger partial charge in [0.2, 0.25) is 0 Å². The first-order chi connectivity index (χ1) is 36.4. The first-order valence-corrected chi connectivity index (χ1v) is 26.1. The van der Waals surface area contributed by atoms with Crippen LogP contribution in [0.2, 0.25) is 0 Å². The zero-order valence-corrected chi connectivity index (χ0v) is 43.2. The Balaban J connectivity index is 1.09. The van der Waals surface area contributed by atoms with E-state index in [1.807, 2.05) is 43.4 Å². The number of benzene rings is 5. The van der Waals surface area contributed by atoms with E-state index in [0.717, 1.165) is 53.2 Å². The average Bonchev–Trinajstić information content (AvgIpc) is 4.39. The normalized spacial score (nSPS) is 22.3. The van der Waals surface area contributed by atoms with Crippen molar-refractivity contribution in [2.45, 2.75) is 45.4 Å². The predicted octanol–water partition coefficient (Wildman–Crippen LogP) is 19.3. The van der Waals surface area contributed by atoms with Crippen molar-refractivity contribution in [2.75, 3.05) is 9.80 Å². The highest BCUT2D eigenvalue weighted by Gasteiger charge is 2.72. The van der Waals surface area contributed by atoms with E-state index in [-0.39, 0.29) is 16.7 Å². The molecule has 4 atom stereocenters. The molecule has 1 saturated carbocycles. The van der Waals surface area contributed by atoms with Crippen molar-refractivity contribution < 1.29 is 0 Å². The van der Waals surface area contributed by atoms with Gasteiger partial charge in [-0.15, -0.1) is 0 Å². The Morgan fingerprint density at radius 1 is 0.662 bits per heavy atom. The van der Waals surface area contributed by atoms with Crippen LogP contribution in [0.5, 0.6) is 0 Å². The van der Waals surface area contributed by atoms with Crippen LogP contribution in [0.4, 0.5) is 22.7 Å². The molecule has 0 saturated heterocycles. The SMILES string of the molecule is C=C/C=C1\C(=C)C=CC=CC1/C=C/C=C/C=C/C=C/c1ccc2c(c1)C1(/C(C)=C/C=C/N(/C=C/C=C\C=C/C)c3ccccc3)CC13CC(C)CC=CC3=C2c1ccc(N(c2ccccc2)c2ccccc2)cc1. The fraction of sp³-hybridized carbons (Fsp3) is 0.139. The standard InChI is InChI=1S/C72H68N2/c1-6-8-9-14-28-51-73(62-38-20-15-21-39-62)52-30-34-58(5)72-55-71(72)54-56(3)32-29-44-68(71)70(61-46-48-65(49-47-61)74(63-40-22-16-23-41-63)64-42-24-17-25-43-64)67-50-45-59(53-69(67)72)35-18-12-10-11-13-19-36-60-37-27-26-33-57(4)66(60)31-7-2/h6-31,33-53,56,60H,2,4,32,54-55H2,1,3,5H3/b8-6-,12-10+,13-11+,14-9-,35-18+,36-19+,51-28+,52-30+,58-34+,66-31+. The van der Waals surface area contributed by atoms with Gasteiger partial charge in [-0.3, -0.25) is 0 Å². The minimum Gasteiger partial charge on any atom is -0.324 e. The number of nitrogens with zero attached hydrogens (tertiary/aromatic N) is 2. The first kappa shape index (κ1) is 50.5. The molecule has 2 nitrogen and oxygen atoms in total. The topological polar surface area (TPSA) is 6.48 Å². The Kier molecular flexibility index (Phi) is 16.3. The van der Waals surface area contributed by atoms with E-state index >= 15 is 0 Å². The number of fused-ring (bicyclic) bond motifs is 2. The van der Waals surface area contributed by atoms with E-state index in [4.69, 9.17) is 0 Å². The first-order valence-electron chi connectivity index (χ1n) is 26.1. The quantitative estimate of drug-likeness (QED) is 0.0857. The molecule has 366 valence electrons. The van der Waals surface area contributed by atoms with E-state index in [1.54, 1.807) is 0 Å². The summed E-state index contributed by atoms with van der Waals surface area (Å²) in [5.41, 5.74) is 15.8. The van der Waals surface area contributed by atoms with Crippen molar-refractivity contribution in [1.82, 2.24) is 0 Å². The van der Waals surface area contributed by atoms with E-state index in [2.05, 4.69) is 286 Å². The van der Waals surface area contributed by atoms with Crippen molar-refractivity contribution in [3.05, 3.63) is 337 Å². The molecule has 5 aromatic carbocycles. The van der Waals surface area contributed by atoms with Crippen LogP contribution in [0, 0.1) is 17.3 Å². The van der Waals surface area contributed by atoms with Gasteiger partial charge in [0.15, 0.2) is 0 Å². The van der Waals surface area contributed by atoms with Gasteiger partial charge < -0.3 is 9.80 Å². The van der Waals surface area contributed by atoms with Gasteiger partial charge in [0, 0.05) is 51.9 Å². The molecular formula is C72H68N2. The second-order valence-corrected chi connectivity index (χ2v) is 19.6. The predicted molar refractivity (Wildman–Crippen MR) is 320 cm³/mol. The zero-order chi connectivity index (χ0) is 51.2. The average molecular weight is 961 g/mol. The van der Waals surface area contributed by atoms with Gasteiger partial charge >= 0.3 is 0 Å². The minimum absolute atomic E-state index is 0.0509. The smallest absolute Gasteiger partial charge is 0.0462 e. The highest BCUT2D eigenvalue weighted by Crippen LogP contribution is 2.78. The Hall–Kier alpha value is -8.46. The molecule has 0 amide bonds. The van der Waals surface area contributed by atoms with Crippen LogP contribution >= 0.6 is 0 Å². The van der Waals surface area contributed by atoms with E-state index in [1.165, 1.54) is 39.0 Å². The maximum atomic E-state index is 4.25. The van der Waals surface area contributed by atoms with Crippen LogP contribution in [-0.2, 0) is 5.41 Å². The van der Waals surface area contributed by atoms with Crippen LogP contribution in [0.1, 0.15) is 62.3 Å². The van der Waals surface area contributed by atoms with Gasteiger partial charge in [0.25, 0.3) is 0 Å². The van der Waals surface area contributed by atoms with Crippen LogP contribution in [-0.4, -0.2) is 0 Å². The molecule has 4 aliphatic carbocycles. The van der Waals surface area contributed by atoms with Crippen molar-refractivity contribution >= 4 is 34.4 Å². The molecule has 1 fully saturated rings. The van der Waals surface area contributed by atoms with Gasteiger partial charge in [-0.25, -0.2) is 0 Å². The molecule has 1 spiro atoms. The van der Waals surface area contributed by atoms with Crippen LogP contribution in [0.15, 0.2) is 315 Å². The molecule has 0 radical (unpaired) electrons.